The highest BCUT2D eigenvalue weighted by atomic mass is 16.6. The topological polar surface area (TPSA) is 30.7 Å². The molecule has 3 nitrogen and oxygen atoms in total. The van der Waals surface area contributed by atoms with Crippen LogP contribution in [0.5, 0.6) is 0 Å². The summed E-state index contributed by atoms with van der Waals surface area (Å²) in [6.07, 6.45) is 0. The number of hydrogen-bond acceptors (Lipinski definition) is 2. The fourth-order valence-electron chi connectivity index (χ4n) is 0.440. The van der Waals surface area contributed by atoms with E-state index in [0.717, 1.165) is 0 Å². The molecule has 0 heterocycles. The summed E-state index contributed by atoms with van der Waals surface area (Å²) in [5.74, 6) is -0.451. The van der Waals surface area contributed by atoms with Crippen molar-refractivity contribution in [1.29, 1.82) is 0 Å². The third-order valence-corrected chi connectivity index (χ3v) is 0.942. The lowest BCUT2D eigenvalue weighted by molar-refractivity contribution is -0.154. The molecule has 0 N–H and O–H groups in total. The van der Waals surface area contributed by atoms with E-state index in [-0.39, 0.29) is 0 Å². The Bertz CT molecular complexity index is 185. The molecule has 0 bridgehead atoms. The molecule has 1 atom stereocenters. The molecule has 0 radical (unpaired) electrons. The molecule has 11 heavy (non-hydrogen) atoms. The number of carbonyl (C=O) groups is 1. The smallest absolute Gasteiger partial charge is 0.390 e. The second-order valence-electron chi connectivity index (χ2n) is 3.34. The first-order valence-corrected chi connectivity index (χ1v) is 3.46. The summed E-state index contributed by atoms with van der Waals surface area (Å²) in [6, 6.07) is -0.686. The maximum Gasteiger partial charge on any atom is 0.390 e. The Hall–Kier alpha value is -1.04. The van der Waals surface area contributed by atoms with Gasteiger partial charge in [-0.3, -0.25) is 0 Å². The number of esters is 1. The summed E-state index contributed by atoms with van der Waals surface area (Å²) in [6.45, 7) is 13.4. The van der Waals surface area contributed by atoms with Crippen LogP contribution < -0.4 is 0 Å². The van der Waals surface area contributed by atoms with Gasteiger partial charge in [0.05, 0.1) is 0 Å². The molecule has 0 saturated heterocycles. The minimum Gasteiger partial charge on any atom is -0.454 e. The maximum absolute atomic E-state index is 11.0. The zero-order chi connectivity index (χ0) is 9.07. The van der Waals surface area contributed by atoms with Crippen molar-refractivity contribution < 1.29 is 9.53 Å². The van der Waals surface area contributed by atoms with E-state index in [4.69, 9.17) is 11.3 Å². The number of nitrogens with zero attached hydrogens (tertiary/aromatic N) is 1. The van der Waals surface area contributed by atoms with Crippen LogP contribution in [-0.4, -0.2) is 17.6 Å². The second-order valence-corrected chi connectivity index (χ2v) is 3.34. The van der Waals surface area contributed by atoms with Crippen molar-refractivity contribution in [3.8, 4) is 0 Å². The van der Waals surface area contributed by atoms with Gasteiger partial charge in [0, 0.05) is 6.92 Å². The zero-order valence-corrected chi connectivity index (χ0v) is 7.34. The fourth-order valence-corrected chi connectivity index (χ4v) is 0.440. The van der Waals surface area contributed by atoms with Crippen molar-refractivity contribution in [3.63, 3.8) is 0 Å². The van der Waals surface area contributed by atoms with E-state index in [2.05, 4.69) is 4.85 Å². The molecule has 62 valence electrons. The summed E-state index contributed by atoms with van der Waals surface area (Å²) in [5, 5.41) is 0. The lowest BCUT2D eigenvalue weighted by atomic mass is 10.2. The third kappa shape index (κ3) is 4.38. The van der Waals surface area contributed by atoms with E-state index in [1.807, 2.05) is 0 Å². The quantitative estimate of drug-likeness (QED) is 0.425. The van der Waals surface area contributed by atoms with Crippen LogP contribution in [0.1, 0.15) is 27.7 Å². The van der Waals surface area contributed by atoms with Gasteiger partial charge in [0.1, 0.15) is 5.60 Å². The summed E-state index contributed by atoms with van der Waals surface area (Å²) in [5.41, 5.74) is -0.490. The largest absolute Gasteiger partial charge is 0.454 e. The van der Waals surface area contributed by atoms with Crippen molar-refractivity contribution in [2.75, 3.05) is 0 Å². The van der Waals surface area contributed by atoms with Gasteiger partial charge in [-0.25, -0.2) is 11.4 Å². The predicted octanol–water partition coefficient (Wildman–Crippen LogP) is 1.64. The number of hydrogen-bond donors (Lipinski definition) is 0. The van der Waals surface area contributed by atoms with Crippen LogP contribution in [0.2, 0.25) is 0 Å². The third-order valence-electron chi connectivity index (χ3n) is 0.942. The summed E-state index contributed by atoms with van der Waals surface area (Å²) in [4.78, 5) is 14.0. The highest BCUT2D eigenvalue weighted by Crippen LogP contribution is 2.09. The minimum absolute atomic E-state index is 0.451. The molecule has 0 amide bonds. The molecule has 0 aliphatic rings. The van der Waals surface area contributed by atoms with Crippen LogP contribution in [0.3, 0.4) is 0 Å². The first-order valence-electron chi connectivity index (χ1n) is 3.46. The van der Waals surface area contributed by atoms with Gasteiger partial charge in [0.2, 0.25) is 0 Å². The van der Waals surface area contributed by atoms with Crippen LogP contribution in [-0.2, 0) is 9.53 Å². The van der Waals surface area contributed by atoms with E-state index >= 15 is 0 Å². The van der Waals surface area contributed by atoms with Crippen LogP contribution >= 0.6 is 0 Å². The summed E-state index contributed by atoms with van der Waals surface area (Å²) in [7, 11) is 0. The van der Waals surface area contributed by atoms with Gasteiger partial charge in [0.15, 0.2) is 0 Å². The van der Waals surface area contributed by atoms with E-state index in [1.54, 1.807) is 20.8 Å². The molecule has 0 aromatic heterocycles. The Morgan fingerprint density at radius 3 is 2.27 bits per heavy atom. The lowest BCUT2D eigenvalue weighted by Gasteiger charge is -2.18. The van der Waals surface area contributed by atoms with Gasteiger partial charge in [0.25, 0.3) is 0 Å². The number of rotatable bonds is 1. The van der Waals surface area contributed by atoms with Gasteiger partial charge < -0.3 is 9.58 Å². The van der Waals surface area contributed by atoms with Gasteiger partial charge in [-0.15, -0.1) is 0 Å². The van der Waals surface area contributed by atoms with Crippen LogP contribution in [0.15, 0.2) is 0 Å². The van der Waals surface area contributed by atoms with Gasteiger partial charge in [-0.1, -0.05) is 0 Å². The normalized spacial score (nSPS) is 13.4. The van der Waals surface area contributed by atoms with Gasteiger partial charge in [-0.2, -0.15) is 0 Å². The molecule has 0 aliphatic heterocycles. The van der Waals surface area contributed by atoms with Crippen LogP contribution in [0, 0.1) is 6.57 Å². The van der Waals surface area contributed by atoms with E-state index in [9.17, 15) is 4.79 Å². The predicted molar refractivity (Wildman–Crippen MR) is 41.9 cm³/mol. The standard InChI is InChI=1S/C8H13NO2/c1-6(9-5)7(10)11-8(2,3)4/h6H,1-4H3. The summed E-state index contributed by atoms with van der Waals surface area (Å²) >= 11 is 0. The molecule has 0 aromatic carbocycles. The molecule has 0 aromatic rings. The molecular weight excluding hydrogens is 142 g/mol. The highest BCUT2D eigenvalue weighted by Gasteiger charge is 2.24. The monoisotopic (exact) mass is 155 g/mol. The Kier molecular flexibility index (Phi) is 3.06. The van der Waals surface area contributed by atoms with Crippen molar-refractivity contribution in [2.24, 2.45) is 0 Å². The second kappa shape index (κ2) is 3.38. The average Bonchev–Trinajstić information content (AvgIpc) is 1.82. The van der Waals surface area contributed by atoms with Crippen molar-refractivity contribution >= 4 is 5.97 Å². The Morgan fingerprint density at radius 2 is 2.00 bits per heavy atom. The first kappa shape index (κ1) is 9.96. The van der Waals surface area contributed by atoms with Crippen LogP contribution in [0.4, 0.5) is 0 Å². The number of carbonyl (C=O) groups excluding carboxylic acids is 1. The molecule has 0 aliphatic carbocycles. The van der Waals surface area contributed by atoms with Gasteiger partial charge >= 0.3 is 12.0 Å². The lowest BCUT2D eigenvalue weighted by Crippen LogP contribution is -2.28. The first-order chi connectivity index (χ1) is 4.87. The SMILES string of the molecule is [C-]#[N+]C(C)C(=O)OC(C)(C)C. The van der Waals surface area contributed by atoms with Crippen LogP contribution in [0.25, 0.3) is 4.85 Å². The molecule has 1 unspecified atom stereocenters. The number of ether oxygens (including phenoxy) is 1. The Labute approximate surface area is 67.2 Å². The zero-order valence-electron chi connectivity index (χ0n) is 7.34. The molecular formula is C8H13NO2. The molecule has 0 fully saturated rings. The van der Waals surface area contributed by atoms with E-state index < -0.39 is 17.6 Å². The molecule has 0 spiro atoms. The van der Waals surface area contributed by atoms with Crippen molar-refractivity contribution in [1.82, 2.24) is 0 Å². The minimum atomic E-state index is -0.686. The van der Waals surface area contributed by atoms with E-state index in [0.29, 0.717) is 0 Å². The molecule has 0 rings (SSSR count). The fraction of sp³-hybridized carbons (Fsp3) is 0.750. The molecule has 3 heteroatoms. The molecule has 0 saturated carbocycles. The van der Waals surface area contributed by atoms with Gasteiger partial charge in [-0.05, 0) is 20.8 Å². The Morgan fingerprint density at radius 1 is 1.55 bits per heavy atom. The average molecular weight is 155 g/mol. The maximum atomic E-state index is 11.0. The highest BCUT2D eigenvalue weighted by molar-refractivity contribution is 5.77. The van der Waals surface area contributed by atoms with Crippen molar-refractivity contribution in [3.05, 3.63) is 11.4 Å². The Balaban J connectivity index is 4.01. The van der Waals surface area contributed by atoms with Crippen molar-refractivity contribution in [2.45, 2.75) is 39.3 Å². The van der Waals surface area contributed by atoms with E-state index in [1.165, 1.54) is 6.92 Å². The summed E-state index contributed by atoms with van der Waals surface area (Å²) < 4.78 is 4.94.